The molecular weight excluding hydrogens is 781 g/mol. The van der Waals surface area contributed by atoms with Gasteiger partial charge in [-0.3, -0.25) is 14.4 Å². The Morgan fingerprint density at radius 2 is 0.698 bits per heavy atom. The van der Waals surface area contributed by atoms with Crippen LogP contribution in [-0.2, 0) is 28.6 Å². The fourth-order valence-corrected chi connectivity index (χ4v) is 6.16. The van der Waals surface area contributed by atoms with Crippen LogP contribution in [0.25, 0.3) is 0 Å². The second-order valence-electron chi connectivity index (χ2n) is 15.8. The SMILES string of the molecule is CC\C=C/C=C\C=C/C=C\C=C/CCCC(=O)OCC(COC(=O)CCCCCCCCC/C=C\C/C=C\CCCCC)OC(=O)CCCCCCC\C=C/C=C\C=C/C=C\CC. The molecule has 0 N–H and O–H groups in total. The molecule has 0 saturated heterocycles. The second kappa shape index (κ2) is 50.2. The standard InChI is InChI=1S/C57H88O6/c1-4-7-10-13-16-19-22-25-27-28-30-32-35-38-41-44-47-50-56(59)62-53-54(52-61-55(58)49-46-43-40-37-34-31-24-21-18-15-12-9-6-3)63-57(60)51-48-45-42-39-36-33-29-26-23-20-17-14-11-8-5-2/h8-9,11-12,14-21,23-27,29,31,34,37,40,54H,4-7,10,13,22,28,30,32-33,35-36,38-39,41-53H2,1-3H3/b11-8-,12-9-,17-14-,18-15-,19-16-,23-20-,24-21-,27-25-,29-26-,34-31-,40-37-. The van der Waals surface area contributed by atoms with Crippen molar-refractivity contribution in [3.8, 4) is 0 Å². The molecule has 0 bridgehead atoms. The van der Waals surface area contributed by atoms with Crippen LogP contribution in [0.3, 0.4) is 0 Å². The number of allylic oxidation sites excluding steroid dienone is 22. The normalized spacial score (nSPS) is 13.3. The molecule has 0 radical (unpaired) electrons. The average Bonchev–Trinajstić information content (AvgIpc) is 3.28. The van der Waals surface area contributed by atoms with Gasteiger partial charge in [-0.15, -0.1) is 0 Å². The molecule has 6 heteroatoms. The Labute approximate surface area is 385 Å². The third-order valence-electron chi connectivity index (χ3n) is 9.84. The zero-order chi connectivity index (χ0) is 45.8. The van der Waals surface area contributed by atoms with Gasteiger partial charge in [0, 0.05) is 19.3 Å². The van der Waals surface area contributed by atoms with Crippen LogP contribution >= 0.6 is 0 Å². The number of hydrogen-bond donors (Lipinski definition) is 0. The Balaban J connectivity index is 4.56. The van der Waals surface area contributed by atoms with Crippen molar-refractivity contribution >= 4 is 17.9 Å². The van der Waals surface area contributed by atoms with Gasteiger partial charge in [-0.25, -0.2) is 0 Å². The lowest BCUT2D eigenvalue weighted by molar-refractivity contribution is -0.167. The quantitative estimate of drug-likeness (QED) is 0.0200. The first kappa shape index (κ1) is 58.6. The molecule has 0 saturated carbocycles. The lowest BCUT2D eigenvalue weighted by Gasteiger charge is -2.18. The maximum Gasteiger partial charge on any atom is 0.306 e. The predicted octanol–water partition coefficient (Wildman–Crippen LogP) is 16.3. The van der Waals surface area contributed by atoms with E-state index in [4.69, 9.17) is 14.2 Å². The fraction of sp³-hybridized carbons (Fsp3) is 0.561. The fourth-order valence-electron chi connectivity index (χ4n) is 6.16. The van der Waals surface area contributed by atoms with E-state index in [-0.39, 0.29) is 44.0 Å². The van der Waals surface area contributed by atoms with Crippen LogP contribution in [0.4, 0.5) is 0 Å². The van der Waals surface area contributed by atoms with Crippen molar-refractivity contribution in [2.75, 3.05) is 13.2 Å². The van der Waals surface area contributed by atoms with Crippen molar-refractivity contribution in [2.24, 2.45) is 0 Å². The van der Waals surface area contributed by atoms with Gasteiger partial charge in [0.2, 0.25) is 0 Å². The smallest absolute Gasteiger partial charge is 0.306 e. The van der Waals surface area contributed by atoms with E-state index >= 15 is 0 Å². The number of carbonyl (C=O) groups excluding carboxylic acids is 3. The third-order valence-corrected chi connectivity index (χ3v) is 9.84. The first-order valence-corrected chi connectivity index (χ1v) is 24.8. The Hall–Kier alpha value is -4.45. The Bertz CT molecular complexity index is 1420. The van der Waals surface area contributed by atoms with Crippen LogP contribution in [0.2, 0.25) is 0 Å². The van der Waals surface area contributed by atoms with Crippen molar-refractivity contribution in [3.05, 3.63) is 134 Å². The second-order valence-corrected chi connectivity index (χ2v) is 15.8. The molecule has 0 fully saturated rings. The highest BCUT2D eigenvalue weighted by Gasteiger charge is 2.19. The van der Waals surface area contributed by atoms with Crippen LogP contribution in [0.1, 0.15) is 188 Å². The predicted molar refractivity (Wildman–Crippen MR) is 269 cm³/mol. The summed E-state index contributed by atoms with van der Waals surface area (Å²) < 4.78 is 16.7. The summed E-state index contributed by atoms with van der Waals surface area (Å²) in [5, 5.41) is 0. The largest absolute Gasteiger partial charge is 0.462 e. The Morgan fingerprint density at radius 3 is 1.16 bits per heavy atom. The van der Waals surface area contributed by atoms with Gasteiger partial charge < -0.3 is 14.2 Å². The Morgan fingerprint density at radius 1 is 0.349 bits per heavy atom. The van der Waals surface area contributed by atoms with Gasteiger partial charge in [-0.2, -0.15) is 0 Å². The topological polar surface area (TPSA) is 78.9 Å². The van der Waals surface area contributed by atoms with Gasteiger partial charge in [0.1, 0.15) is 13.2 Å². The first-order chi connectivity index (χ1) is 31.0. The number of rotatable bonds is 42. The highest BCUT2D eigenvalue weighted by Crippen LogP contribution is 2.13. The van der Waals surface area contributed by atoms with Gasteiger partial charge >= 0.3 is 17.9 Å². The van der Waals surface area contributed by atoms with Crippen molar-refractivity contribution in [1.82, 2.24) is 0 Å². The monoisotopic (exact) mass is 869 g/mol. The van der Waals surface area contributed by atoms with Crippen molar-refractivity contribution in [3.63, 3.8) is 0 Å². The molecule has 0 aromatic heterocycles. The molecular formula is C57H88O6. The average molecular weight is 869 g/mol. The first-order valence-electron chi connectivity index (χ1n) is 24.8. The van der Waals surface area contributed by atoms with Gasteiger partial charge in [0.15, 0.2) is 6.10 Å². The molecule has 1 unspecified atom stereocenters. The van der Waals surface area contributed by atoms with Gasteiger partial charge in [0.05, 0.1) is 0 Å². The molecule has 0 spiro atoms. The van der Waals surface area contributed by atoms with E-state index in [0.717, 1.165) is 89.9 Å². The molecule has 0 aromatic rings. The third kappa shape index (κ3) is 48.4. The van der Waals surface area contributed by atoms with Gasteiger partial charge in [-0.05, 0) is 83.5 Å². The lowest BCUT2D eigenvalue weighted by Crippen LogP contribution is -2.30. The minimum Gasteiger partial charge on any atom is -0.462 e. The number of ether oxygens (including phenoxy) is 3. The minimum absolute atomic E-state index is 0.120. The summed E-state index contributed by atoms with van der Waals surface area (Å²) in [4.78, 5) is 37.9. The lowest BCUT2D eigenvalue weighted by atomic mass is 10.1. The van der Waals surface area contributed by atoms with Gasteiger partial charge in [0.25, 0.3) is 0 Å². The summed E-state index contributed by atoms with van der Waals surface area (Å²) >= 11 is 0. The molecule has 0 rings (SSSR count). The number of hydrogen-bond acceptors (Lipinski definition) is 6. The van der Waals surface area contributed by atoms with Crippen molar-refractivity contribution in [1.29, 1.82) is 0 Å². The van der Waals surface area contributed by atoms with E-state index in [9.17, 15) is 14.4 Å². The zero-order valence-electron chi connectivity index (χ0n) is 40.0. The van der Waals surface area contributed by atoms with Crippen molar-refractivity contribution < 1.29 is 28.6 Å². The van der Waals surface area contributed by atoms with E-state index in [2.05, 4.69) is 75.5 Å². The molecule has 63 heavy (non-hydrogen) atoms. The summed E-state index contributed by atoms with van der Waals surface area (Å²) in [7, 11) is 0. The maximum absolute atomic E-state index is 12.8. The zero-order valence-corrected chi connectivity index (χ0v) is 40.0. The summed E-state index contributed by atoms with van der Waals surface area (Å²) in [6.45, 7) is 6.21. The minimum atomic E-state index is -0.827. The number of unbranched alkanes of at least 4 members (excludes halogenated alkanes) is 16. The molecule has 0 aliphatic carbocycles. The molecule has 0 heterocycles. The van der Waals surface area contributed by atoms with Crippen LogP contribution in [0.15, 0.2) is 134 Å². The molecule has 1 atom stereocenters. The molecule has 0 aromatic carbocycles. The summed E-state index contributed by atoms with van der Waals surface area (Å²) in [6.07, 6.45) is 70.1. The van der Waals surface area contributed by atoms with E-state index in [1.165, 1.54) is 51.4 Å². The Kier molecular flexibility index (Phi) is 46.7. The molecule has 0 aliphatic heterocycles. The maximum atomic E-state index is 12.8. The van der Waals surface area contributed by atoms with Crippen LogP contribution < -0.4 is 0 Å². The highest BCUT2D eigenvalue weighted by molar-refractivity contribution is 5.71. The van der Waals surface area contributed by atoms with Crippen LogP contribution in [0, 0.1) is 0 Å². The van der Waals surface area contributed by atoms with Crippen LogP contribution in [-0.4, -0.2) is 37.2 Å². The molecule has 352 valence electrons. The van der Waals surface area contributed by atoms with Crippen LogP contribution in [0.5, 0.6) is 0 Å². The number of esters is 3. The summed E-state index contributed by atoms with van der Waals surface area (Å²) in [5.74, 6) is -1.04. The number of carbonyl (C=O) groups is 3. The summed E-state index contributed by atoms with van der Waals surface area (Å²) in [6, 6.07) is 0. The summed E-state index contributed by atoms with van der Waals surface area (Å²) in [5.41, 5.74) is 0. The molecule has 6 nitrogen and oxygen atoms in total. The van der Waals surface area contributed by atoms with E-state index in [1.807, 2.05) is 79.0 Å². The highest BCUT2D eigenvalue weighted by atomic mass is 16.6. The molecule has 0 amide bonds. The van der Waals surface area contributed by atoms with Crippen molar-refractivity contribution in [2.45, 2.75) is 194 Å². The van der Waals surface area contributed by atoms with E-state index in [0.29, 0.717) is 12.8 Å². The van der Waals surface area contributed by atoms with Gasteiger partial charge in [-0.1, -0.05) is 219 Å². The molecule has 0 aliphatic rings. The van der Waals surface area contributed by atoms with E-state index in [1.54, 1.807) is 0 Å². The van der Waals surface area contributed by atoms with E-state index < -0.39 is 6.10 Å².